The number of hydrogen-bond donors (Lipinski definition) is 2. The van der Waals surface area contributed by atoms with Gasteiger partial charge in [0.25, 0.3) is 0 Å². The number of phenolic OH excluding ortho intramolecular Hbond substituents is 1. The summed E-state index contributed by atoms with van der Waals surface area (Å²) in [6, 6.07) is 13.2. The SMILES string of the molecule is Cc1ccc(Oc2c(C)[nH]c3cc(O)ccc23)cc1. The van der Waals surface area contributed by atoms with Crippen LogP contribution in [-0.2, 0) is 0 Å². The molecule has 0 aliphatic heterocycles. The van der Waals surface area contributed by atoms with E-state index in [2.05, 4.69) is 4.98 Å². The topological polar surface area (TPSA) is 45.2 Å². The number of H-pyrrole nitrogens is 1. The van der Waals surface area contributed by atoms with Crippen molar-refractivity contribution in [2.45, 2.75) is 13.8 Å². The number of benzene rings is 2. The van der Waals surface area contributed by atoms with Gasteiger partial charge < -0.3 is 14.8 Å². The van der Waals surface area contributed by atoms with E-state index in [1.807, 2.05) is 44.2 Å². The van der Waals surface area contributed by atoms with Gasteiger partial charge in [0.05, 0.1) is 11.2 Å². The molecule has 3 nitrogen and oxygen atoms in total. The normalized spacial score (nSPS) is 10.8. The van der Waals surface area contributed by atoms with Gasteiger partial charge in [-0.1, -0.05) is 17.7 Å². The Morgan fingerprint density at radius 1 is 1.00 bits per heavy atom. The number of hydrogen-bond acceptors (Lipinski definition) is 2. The Kier molecular flexibility index (Phi) is 2.67. The van der Waals surface area contributed by atoms with Crippen LogP contribution in [0.1, 0.15) is 11.3 Å². The number of fused-ring (bicyclic) bond motifs is 1. The number of aryl methyl sites for hydroxylation is 2. The molecule has 0 fully saturated rings. The van der Waals surface area contributed by atoms with E-state index in [1.165, 1.54) is 5.56 Å². The molecule has 3 aromatic rings. The van der Waals surface area contributed by atoms with Gasteiger partial charge in [-0.05, 0) is 38.1 Å². The lowest BCUT2D eigenvalue weighted by Crippen LogP contribution is -1.85. The van der Waals surface area contributed by atoms with Crippen LogP contribution in [0.5, 0.6) is 17.2 Å². The molecular weight excluding hydrogens is 238 g/mol. The second-order valence-corrected chi connectivity index (χ2v) is 4.72. The van der Waals surface area contributed by atoms with Crippen LogP contribution in [0.3, 0.4) is 0 Å². The molecule has 0 aliphatic carbocycles. The minimum absolute atomic E-state index is 0.246. The Hall–Kier alpha value is -2.42. The number of aromatic amines is 1. The average Bonchev–Trinajstić information content (AvgIpc) is 2.68. The maximum absolute atomic E-state index is 9.49. The highest BCUT2D eigenvalue weighted by Gasteiger charge is 2.11. The maximum atomic E-state index is 9.49. The maximum Gasteiger partial charge on any atom is 0.155 e. The molecule has 0 amide bonds. The highest BCUT2D eigenvalue weighted by molar-refractivity contribution is 5.89. The lowest BCUT2D eigenvalue weighted by molar-refractivity contribution is 0.476. The van der Waals surface area contributed by atoms with Gasteiger partial charge in [-0.3, -0.25) is 0 Å². The van der Waals surface area contributed by atoms with Gasteiger partial charge in [0.15, 0.2) is 5.75 Å². The fraction of sp³-hybridized carbons (Fsp3) is 0.125. The molecule has 1 heterocycles. The monoisotopic (exact) mass is 253 g/mol. The summed E-state index contributed by atoms with van der Waals surface area (Å²) in [6.07, 6.45) is 0. The summed E-state index contributed by atoms with van der Waals surface area (Å²) >= 11 is 0. The zero-order valence-electron chi connectivity index (χ0n) is 10.9. The van der Waals surface area contributed by atoms with Crippen LogP contribution < -0.4 is 4.74 Å². The molecule has 2 N–H and O–H groups in total. The summed E-state index contributed by atoms with van der Waals surface area (Å²) in [6.45, 7) is 4.00. The van der Waals surface area contributed by atoms with Crippen LogP contribution >= 0.6 is 0 Å². The van der Waals surface area contributed by atoms with Crippen LogP contribution in [0.4, 0.5) is 0 Å². The third kappa shape index (κ3) is 2.15. The average molecular weight is 253 g/mol. The molecule has 19 heavy (non-hydrogen) atoms. The van der Waals surface area contributed by atoms with Crippen molar-refractivity contribution in [2.75, 3.05) is 0 Å². The molecule has 3 heteroatoms. The van der Waals surface area contributed by atoms with Crippen molar-refractivity contribution in [3.8, 4) is 17.2 Å². The highest BCUT2D eigenvalue weighted by Crippen LogP contribution is 2.34. The molecule has 0 saturated carbocycles. The van der Waals surface area contributed by atoms with Crippen molar-refractivity contribution in [2.24, 2.45) is 0 Å². The van der Waals surface area contributed by atoms with Crippen molar-refractivity contribution in [1.82, 2.24) is 4.98 Å². The first-order valence-corrected chi connectivity index (χ1v) is 6.19. The predicted octanol–water partition coefficient (Wildman–Crippen LogP) is 4.28. The summed E-state index contributed by atoms with van der Waals surface area (Å²) in [5.41, 5.74) is 3.02. The Bertz CT molecular complexity index is 726. The fourth-order valence-corrected chi connectivity index (χ4v) is 2.15. The van der Waals surface area contributed by atoms with E-state index in [1.54, 1.807) is 12.1 Å². The standard InChI is InChI=1S/C16H15NO2/c1-10-3-6-13(7-4-10)19-16-11(2)17-15-9-12(18)5-8-14(15)16/h3-9,17-18H,1-2H3. The molecule has 0 spiro atoms. The minimum atomic E-state index is 0.246. The minimum Gasteiger partial charge on any atom is -0.508 e. The van der Waals surface area contributed by atoms with E-state index in [0.717, 1.165) is 28.1 Å². The van der Waals surface area contributed by atoms with E-state index in [-0.39, 0.29) is 5.75 Å². The van der Waals surface area contributed by atoms with Gasteiger partial charge in [0.2, 0.25) is 0 Å². The van der Waals surface area contributed by atoms with E-state index in [0.29, 0.717) is 0 Å². The molecule has 0 bridgehead atoms. The Morgan fingerprint density at radius 3 is 2.47 bits per heavy atom. The summed E-state index contributed by atoms with van der Waals surface area (Å²) in [5, 5.41) is 10.5. The first-order chi connectivity index (χ1) is 9.13. The number of nitrogens with one attached hydrogen (secondary N) is 1. The van der Waals surface area contributed by atoms with Crippen LogP contribution in [-0.4, -0.2) is 10.1 Å². The summed E-state index contributed by atoms with van der Waals surface area (Å²) < 4.78 is 5.94. The molecule has 0 unspecified atom stereocenters. The molecule has 96 valence electrons. The molecular formula is C16H15NO2. The largest absolute Gasteiger partial charge is 0.508 e. The zero-order chi connectivity index (χ0) is 13.4. The predicted molar refractivity (Wildman–Crippen MR) is 76.0 cm³/mol. The van der Waals surface area contributed by atoms with Gasteiger partial charge in [-0.25, -0.2) is 0 Å². The summed E-state index contributed by atoms with van der Waals surface area (Å²) in [5.74, 6) is 1.86. The van der Waals surface area contributed by atoms with E-state index >= 15 is 0 Å². The van der Waals surface area contributed by atoms with Crippen LogP contribution in [0.15, 0.2) is 42.5 Å². The van der Waals surface area contributed by atoms with Crippen molar-refractivity contribution >= 4 is 10.9 Å². The Morgan fingerprint density at radius 2 is 1.74 bits per heavy atom. The number of ether oxygens (including phenoxy) is 1. The van der Waals surface area contributed by atoms with Gasteiger partial charge in [-0.2, -0.15) is 0 Å². The van der Waals surface area contributed by atoms with Crippen molar-refractivity contribution in [3.05, 3.63) is 53.7 Å². The molecule has 0 aliphatic rings. The number of aromatic nitrogens is 1. The third-order valence-electron chi connectivity index (χ3n) is 3.15. The Balaban J connectivity index is 2.05. The van der Waals surface area contributed by atoms with E-state index in [9.17, 15) is 5.11 Å². The second kappa shape index (κ2) is 4.35. The quantitative estimate of drug-likeness (QED) is 0.715. The van der Waals surface area contributed by atoms with Gasteiger partial charge in [-0.15, -0.1) is 0 Å². The van der Waals surface area contributed by atoms with Gasteiger partial charge >= 0.3 is 0 Å². The molecule has 2 aromatic carbocycles. The molecule has 0 atom stereocenters. The smallest absolute Gasteiger partial charge is 0.155 e. The van der Waals surface area contributed by atoms with Crippen molar-refractivity contribution in [1.29, 1.82) is 0 Å². The van der Waals surface area contributed by atoms with E-state index < -0.39 is 0 Å². The summed E-state index contributed by atoms with van der Waals surface area (Å²) in [4.78, 5) is 3.21. The summed E-state index contributed by atoms with van der Waals surface area (Å²) in [7, 11) is 0. The van der Waals surface area contributed by atoms with Crippen molar-refractivity contribution < 1.29 is 9.84 Å². The van der Waals surface area contributed by atoms with Crippen LogP contribution in [0.2, 0.25) is 0 Å². The lowest BCUT2D eigenvalue weighted by Gasteiger charge is -2.06. The van der Waals surface area contributed by atoms with Gasteiger partial charge in [0.1, 0.15) is 11.5 Å². The highest BCUT2D eigenvalue weighted by atomic mass is 16.5. The third-order valence-corrected chi connectivity index (χ3v) is 3.15. The molecule has 0 radical (unpaired) electrons. The molecule has 1 aromatic heterocycles. The first-order valence-electron chi connectivity index (χ1n) is 6.19. The number of rotatable bonds is 2. The number of phenols is 1. The fourth-order valence-electron chi connectivity index (χ4n) is 2.15. The van der Waals surface area contributed by atoms with Crippen molar-refractivity contribution in [3.63, 3.8) is 0 Å². The van der Waals surface area contributed by atoms with Crippen LogP contribution in [0, 0.1) is 13.8 Å². The zero-order valence-corrected chi connectivity index (χ0v) is 10.9. The molecule has 0 saturated heterocycles. The second-order valence-electron chi connectivity index (χ2n) is 4.72. The van der Waals surface area contributed by atoms with Gasteiger partial charge in [0, 0.05) is 11.5 Å². The first kappa shape index (κ1) is 11.7. The van der Waals surface area contributed by atoms with Crippen LogP contribution in [0.25, 0.3) is 10.9 Å². The van der Waals surface area contributed by atoms with E-state index in [4.69, 9.17) is 4.74 Å². The number of aromatic hydroxyl groups is 1. The lowest BCUT2D eigenvalue weighted by atomic mass is 10.2. The molecule has 3 rings (SSSR count). The Labute approximate surface area is 111 Å².